The fraction of sp³-hybridized carbons (Fsp3) is 0. The first-order valence-corrected chi connectivity index (χ1v) is 7.03. The van der Waals surface area contributed by atoms with E-state index in [1.807, 2.05) is 6.07 Å². The quantitative estimate of drug-likeness (QED) is 0.719. The summed E-state index contributed by atoms with van der Waals surface area (Å²) < 4.78 is 5.76. The molecule has 0 aliphatic heterocycles. The van der Waals surface area contributed by atoms with Crippen molar-refractivity contribution in [3.05, 3.63) is 75.1 Å². The van der Waals surface area contributed by atoms with Crippen LogP contribution in [0.1, 0.15) is 10.4 Å². The first kappa shape index (κ1) is 13.6. The Hall–Kier alpha value is -2.40. The van der Waals surface area contributed by atoms with Gasteiger partial charge in [0, 0.05) is 17.0 Å². The molecular weight excluding hydrogens is 334 g/mol. The van der Waals surface area contributed by atoms with Crippen molar-refractivity contribution < 1.29 is 9.21 Å². The summed E-state index contributed by atoms with van der Waals surface area (Å²) >= 11 is 3.43. The van der Waals surface area contributed by atoms with Crippen LogP contribution >= 0.6 is 15.9 Å². The molecule has 0 unspecified atom stereocenters. The molecule has 0 fully saturated rings. The van der Waals surface area contributed by atoms with E-state index in [1.54, 1.807) is 42.5 Å². The molecule has 5 heteroatoms. The van der Waals surface area contributed by atoms with E-state index >= 15 is 0 Å². The molecule has 21 heavy (non-hydrogen) atoms. The number of carbonyl (C=O) groups is 1. The summed E-state index contributed by atoms with van der Waals surface area (Å²) in [5.41, 5.74) is 1.25. The SMILES string of the molecule is O=C(Nc1ccc2oc(=O)ccc2c1Br)c1ccccc1. The number of hydrogen-bond donors (Lipinski definition) is 1. The largest absolute Gasteiger partial charge is 0.423 e. The van der Waals surface area contributed by atoms with Crippen molar-refractivity contribution in [2.45, 2.75) is 0 Å². The first-order chi connectivity index (χ1) is 10.1. The van der Waals surface area contributed by atoms with Crippen LogP contribution in [0.5, 0.6) is 0 Å². The van der Waals surface area contributed by atoms with Crippen molar-refractivity contribution in [2.24, 2.45) is 0 Å². The summed E-state index contributed by atoms with van der Waals surface area (Å²) in [6.45, 7) is 0. The summed E-state index contributed by atoms with van der Waals surface area (Å²) in [6, 6.07) is 15.3. The topological polar surface area (TPSA) is 59.3 Å². The van der Waals surface area contributed by atoms with Gasteiger partial charge in [0.1, 0.15) is 5.58 Å². The monoisotopic (exact) mass is 343 g/mol. The van der Waals surface area contributed by atoms with Gasteiger partial charge >= 0.3 is 5.63 Å². The van der Waals surface area contributed by atoms with Gasteiger partial charge in [-0.25, -0.2) is 4.79 Å². The fourth-order valence-corrected chi connectivity index (χ4v) is 2.55. The van der Waals surface area contributed by atoms with E-state index in [0.717, 1.165) is 5.39 Å². The third-order valence-corrected chi connectivity index (χ3v) is 3.87. The predicted octanol–water partition coefficient (Wildman–Crippen LogP) is 3.81. The van der Waals surface area contributed by atoms with Crippen molar-refractivity contribution >= 4 is 38.5 Å². The van der Waals surface area contributed by atoms with Crippen LogP contribution in [-0.4, -0.2) is 5.91 Å². The van der Waals surface area contributed by atoms with Crippen LogP contribution in [-0.2, 0) is 0 Å². The van der Waals surface area contributed by atoms with Crippen LogP contribution < -0.4 is 10.9 Å². The lowest BCUT2D eigenvalue weighted by Gasteiger charge is -2.09. The third-order valence-electron chi connectivity index (χ3n) is 3.02. The zero-order valence-electron chi connectivity index (χ0n) is 10.8. The molecule has 3 rings (SSSR count). The van der Waals surface area contributed by atoms with Gasteiger partial charge in [-0.15, -0.1) is 0 Å². The van der Waals surface area contributed by atoms with Crippen molar-refractivity contribution in [2.75, 3.05) is 5.32 Å². The second-order valence-electron chi connectivity index (χ2n) is 4.41. The lowest BCUT2D eigenvalue weighted by molar-refractivity contribution is 0.102. The van der Waals surface area contributed by atoms with Gasteiger partial charge in [0.25, 0.3) is 5.91 Å². The Labute approximate surface area is 128 Å². The zero-order chi connectivity index (χ0) is 14.8. The molecule has 1 aromatic heterocycles. The maximum atomic E-state index is 12.2. The highest BCUT2D eigenvalue weighted by atomic mass is 79.9. The van der Waals surface area contributed by atoms with Crippen LogP contribution in [0.25, 0.3) is 11.0 Å². The number of nitrogens with one attached hydrogen (secondary N) is 1. The van der Waals surface area contributed by atoms with E-state index in [2.05, 4.69) is 21.2 Å². The number of halogens is 1. The highest BCUT2D eigenvalue weighted by Gasteiger charge is 2.11. The Bertz CT molecular complexity index is 872. The van der Waals surface area contributed by atoms with Gasteiger partial charge in [0.2, 0.25) is 0 Å². The van der Waals surface area contributed by atoms with E-state index < -0.39 is 5.63 Å². The molecule has 1 amide bonds. The van der Waals surface area contributed by atoms with Gasteiger partial charge in [-0.2, -0.15) is 0 Å². The van der Waals surface area contributed by atoms with E-state index in [1.165, 1.54) is 6.07 Å². The van der Waals surface area contributed by atoms with Gasteiger partial charge in [-0.05, 0) is 46.3 Å². The van der Waals surface area contributed by atoms with Gasteiger partial charge in [0.05, 0.1) is 10.2 Å². The molecule has 2 aromatic carbocycles. The smallest absolute Gasteiger partial charge is 0.336 e. The van der Waals surface area contributed by atoms with Crippen LogP contribution in [0, 0.1) is 0 Å². The first-order valence-electron chi connectivity index (χ1n) is 6.24. The molecule has 1 N–H and O–H groups in total. The minimum absolute atomic E-state index is 0.201. The molecule has 0 saturated heterocycles. The normalized spacial score (nSPS) is 10.5. The molecule has 0 radical (unpaired) electrons. The Morgan fingerprint density at radius 1 is 1.00 bits per heavy atom. The Morgan fingerprint density at radius 2 is 1.76 bits per heavy atom. The van der Waals surface area contributed by atoms with E-state index in [0.29, 0.717) is 21.3 Å². The number of anilines is 1. The predicted molar refractivity (Wildman–Crippen MR) is 84.6 cm³/mol. The molecule has 0 spiro atoms. The number of hydrogen-bond acceptors (Lipinski definition) is 3. The summed E-state index contributed by atoms with van der Waals surface area (Å²) in [5, 5.41) is 3.55. The maximum absolute atomic E-state index is 12.2. The van der Waals surface area contributed by atoms with Gasteiger partial charge < -0.3 is 9.73 Å². The zero-order valence-corrected chi connectivity index (χ0v) is 12.4. The molecule has 0 aliphatic carbocycles. The third kappa shape index (κ3) is 2.73. The second kappa shape index (κ2) is 5.54. The van der Waals surface area contributed by atoms with Gasteiger partial charge in [0.15, 0.2) is 0 Å². The Kier molecular flexibility index (Phi) is 3.58. The highest BCUT2D eigenvalue weighted by molar-refractivity contribution is 9.10. The standard InChI is InChI=1S/C16H10BrNO3/c17-15-11-6-9-14(19)21-13(11)8-7-12(15)18-16(20)10-4-2-1-3-5-10/h1-9H,(H,18,20). The van der Waals surface area contributed by atoms with Crippen molar-refractivity contribution in [1.82, 2.24) is 0 Å². The molecule has 3 aromatic rings. The van der Waals surface area contributed by atoms with Crippen LogP contribution in [0.15, 0.2) is 68.3 Å². The summed E-state index contributed by atoms with van der Waals surface area (Å²) in [7, 11) is 0. The molecular formula is C16H10BrNO3. The minimum atomic E-state index is -0.407. The van der Waals surface area contributed by atoms with Crippen LogP contribution in [0.4, 0.5) is 5.69 Å². The molecule has 0 saturated carbocycles. The van der Waals surface area contributed by atoms with E-state index in [-0.39, 0.29) is 5.91 Å². The van der Waals surface area contributed by atoms with Crippen LogP contribution in [0.3, 0.4) is 0 Å². The Morgan fingerprint density at radius 3 is 2.52 bits per heavy atom. The summed E-state index contributed by atoms with van der Waals surface area (Å²) in [4.78, 5) is 23.3. The molecule has 104 valence electrons. The average molecular weight is 344 g/mol. The molecule has 0 aliphatic rings. The minimum Gasteiger partial charge on any atom is -0.423 e. The van der Waals surface area contributed by atoms with Crippen molar-refractivity contribution in [3.8, 4) is 0 Å². The number of fused-ring (bicyclic) bond motifs is 1. The lowest BCUT2D eigenvalue weighted by atomic mass is 10.2. The van der Waals surface area contributed by atoms with Crippen molar-refractivity contribution in [1.29, 1.82) is 0 Å². The van der Waals surface area contributed by atoms with Gasteiger partial charge in [-0.1, -0.05) is 18.2 Å². The summed E-state index contributed by atoms with van der Waals surface area (Å²) in [6.07, 6.45) is 0. The molecule has 0 atom stereocenters. The van der Waals surface area contributed by atoms with E-state index in [9.17, 15) is 9.59 Å². The molecule has 0 bridgehead atoms. The summed E-state index contributed by atoms with van der Waals surface area (Å²) in [5.74, 6) is -0.201. The maximum Gasteiger partial charge on any atom is 0.336 e. The highest BCUT2D eigenvalue weighted by Crippen LogP contribution is 2.30. The lowest BCUT2D eigenvalue weighted by Crippen LogP contribution is -2.12. The Balaban J connectivity index is 1.98. The van der Waals surface area contributed by atoms with Gasteiger partial charge in [-0.3, -0.25) is 4.79 Å². The van der Waals surface area contributed by atoms with Crippen molar-refractivity contribution in [3.63, 3.8) is 0 Å². The average Bonchev–Trinajstić information content (AvgIpc) is 2.51. The number of carbonyl (C=O) groups excluding carboxylic acids is 1. The number of benzene rings is 2. The molecule has 1 heterocycles. The van der Waals surface area contributed by atoms with E-state index in [4.69, 9.17) is 4.42 Å². The fourth-order valence-electron chi connectivity index (χ4n) is 1.99. The number of rotatable bonds is 2. The molecule has 4 nitrogen and oxygen atoms in total. The second-order valence-corrected chi connectivity index (χ2v) is 5.21. The van der Waals surface area contributed by atoms with Crippen LogP contribution in [0.2, 0.25) is 0 Å². The number of amides is 1.